The minimum Gasteiger partial charge on any atom is -0.373 e. The minimum atomic E-state index is -2.20. The number of fused-ring (bicyclic) bond motifs is 1. The molecule has 0 saturated heterocycles. The topological polar surface area (TPSA) is 60.8 Å². The molecule has 0 atom stereocenters. The summed E-state index contributed by atoms with van der Waals surface area (Å²) in [5.41, 5.74) is 1.39. The van der Waals surface area contributed by atoms with Gasteiger partial charge in [0.2, 0.25) is 0 Å². The normalized spacial score (nSPS) is 13.6. The van der Waals surface area contributed by atoms with Gasteiger partial charge in [-0.05, 0) is 54.5 Å². The van der Waals surface area contributed by atoms with Crippen molar-refractivity contribution in [2.75, 3.05) is 18.9 Å². The highest BCUT2D eigenvalue weighted by Gasteiger charge is 2.14. The summed E-state index contributed by atoms with van der Waals surface area (Å²) in [6, 6.07) is 5.45. The van der Waals surface area contributed by atoms with Gasteiger partial charge in [0.15, 0.2) is 0 Å². The zero-order valence-corrected chi connectivity index (χ0v) is 20.4. The average molecular weight is 465 g/mol. The van der Waals surface area contributed by atoms with Crippen molar-refractivity contribution in [3.63, 3.8) is 0 Å². The highest BCUT2D eigenvalue weighted by Crippen LogP contribution is 2.25. The Kier molecular flexibility index (Phi) is 16.4. The molecular weight excluding hydrogens is 425 g/mol. The predicted molar refractivity (Wildman–Crippen MR) is 137 cm³/mol. The highest BCUT2D eigenvalue weighted by atomic mass is 19.3. The van der Waals surface area contributed by atoms with Crippen LogP contribution in [0.2, 0.25) is 0 Å². The van der Waals surface area contributed by atoms with Gasteiger partial charge in [-0.15, -0.1) is 13.2 Å². The summed E-state index contributed by atoms with van der Waals surface area (Å²) in [5.74, 6) is 0.370. The number of nitrogens with zero attached hydrogens (tertiary/aromatic N) is 1. The molecule has 3 N–H and O–H groups in total. The number of allylic oxidation sites excluding steroid dienone is 2. The van der Waals surface area contributed by atoms with Crippen LogP contribution in [0.1, 0.15) is 58.4 Å². The number of halogens is 3. The molecule has 1 heterocycles. The van der Waals surface area contributed by atoms with Gasteiger partial charge in [0, 0.05) is 30.9 Å². The van der Waals surface area contributed by atoms with Crippen molar-refractivity contribution in [3.05, 3.63) is 55.0 Å². The molecule has 0 radical (unpaired) electrons. The van der Waals surface area contributed by atoms with Gasteiger partial charge in [-0.2, -0.15) is 0 Å². The molecule has 0 aliphatic heterocycles. The summed E-state index contributed by atoms with van der Waals surface area (Å²) in [6.45, 7) is 11.7. The molecule has 1 aromatic heterocycles. The Balaban J connectivity index is 0.000000586. The molecule has 1 aliphatic carbocycles. The molecule has 7 heteroatoms. The van der Waals surface area contributed by atoms with Gasteiger partial charge in [-0.3, -0.25) is 0 Å². The van der Waals surface area contributed by atoms with Crippen LogP contribution in [0.3, 0.4) is 0 Å². The number of hydrogen-bond acceptors (Lipinski definition) is 4. The Labute approximate surface area is 196 Å². The second kappa shape index (κ2) is 17.8. The Morgan fingerprint density at radius 2 is 1.82 bits per heavy atom. The molecule has 2 aromatic rings. The molecular formula is C26H39F3N4. The lowest BCUT2D eigenvalue weighted by atomic mass is 9.96. The number of nitrogens with one attached hydrogen (secondary N) is 3. The molecule has 1 saturated carbocycles. The van der Waals surface area contributed by atoms with Gasteiger partial charge in [0.1, 0.15) is 11.6 Å². The third-order valence-electron chi connectivity index (χ3n) is 5.01. The fraction of sp³-hybridized carbons (Fsp3) is 0.462. The maximum atomic E-state index is 14.0. The third-order valence-corrected chi connectivity index (χ3v) is 5.01. The average Bonchev–Trinajstić information content (AvgIpc) is 2.86. The van der Waals surface area contributed by atoms with Crippen LogP contribution in [0.5, 0.6) is 0 Å². The van der Waals surface area contributed by atoms with Crippen LogP contribution in [0, 0.1) is 11.2 Å². The summed E-state index contributed by atoms with van der Waals surface area (Å²) in [5, 5.41) is 14.4. The number of hydrogen-bond donors (Lipinski definition) is 3. The van der Waals surface area contributed by atoms with E-state index in [1.807, 2.05) is 26.8 Å². The fourth-order valence-corrected chi connectivity index (χ4v) is 3.41. The number of rotatable bonds is 6. The van der Waals surface area contributed by atoms with E-state index in [-0.39, 0.29) is 12.4 Å². The number of benzene rings is 1. The third kappa shape index (κ3) is 10.7. The van der Waals surface area contributed by atoms with Gasteiger partial charge < -0.3 is 16.0 Å². The van der Waals surface area contributed by atoms with Crippen LogP contribution in [-0.4, -0.2) is 37.3 Å². The highest BCUT2D eigenvalue weighted by molar-refractivity contribution is 6.09. The fourth-order valence-electron chi connectivity index (χ4n) is 3.41. The van der Waals surface area contributed by atoms with Gasteiger partial charge in [0.05, 0.1) is 6.54 Å². The summed E-state index contributed by atoms with van der Waals surface area (Å²) >= 11 is 0. The van der Waals surface area contributed by atoms with E-state index in [0.29, 0.717) is 28.4 Å². The Morgan fingerprint density at radius 1 is 1.18 bits per heavy atom. The lowest BCUT2D eigenvalue weighted by molar-refractivity contribution is 0.138. The first kappa shape index (κ1) is 30.3. The van der Waals surface area contributed by atoms with Crippen LogP contribution >= 0.6 is 0 Å². The van der Waals surface area contributed by atoms with Crippen LogP contribution in [0.15, 0.2) is 43.6 Å². The minimum absolute atomic E-state index is 0.134. The SMILES string of the molecule is C/C=C(\C=N)c1cc(F)c2cnc(NC)cc2c1.C=C.CC.FC(F)CNC1CCCCC1. The maximum absolute atomic E-state index is 14.0. The van der Waals surface area contributed by atoms with Crippen molar-refractivity contribution in [2.45, 2.75) is 65.3 Å². The number of pyridine rings is 1. The smallest absolute Gasteiger partial charge is 0.250 e. The number of anilines is 1. The standard InChI is InChI=1S/C14H14FN3.C8H15F2N.C2H6.C2H4/c1-3-9(7-16)10-4-11-6-14(17-2)18-8-12(11)13(15)5-10;9-8(10)6-11-7-4-2-1-3-5-7;2*1-2/h3-8,16H,1-2H3,(H,17,18);7-8,11H,1-6H2;1-2H3;1-2H2/b9-3+,16-7?;;;. The molecule has 4 nitrogen and oxygen atoms in total. The summed E-state index contributed by atoms with van der Waals surface area (Å²) in [7, 11) is 1.77. The van der Waals surface area contributed by atoms with E-state index in [1.165, 1.54) is 37.7 Å². The van der Waals surface area contributed by atoms with E-state index in [1.54, 1.807) is 19.2 Å². The molecule has 1 aliphatic rings. The quantitative estimate of drug-likeness (QED) is 0.307. The van der Waals surface area contributed by atoms with Gasteiger partial charge >= 0.3 is 0 Å². The first-order valence-corrected chi connectivity index (χ1v) is 11.4. The molecule has 33 heavy (non-hydrogen) atoms. The molecule has 3 rings (SSSR count). The molecule has 1 fully saturated rings. The van der Waals surface area contributed by atoms with Gasteiger partial charge in [0.25, 0.3) is 6.43 Å². The van der Waals surface area contributed by atoms with Gasteiger partial charge in [-0.25, -0.2) is 18.2 Å². The Hall–Kier alpha value is -2.67. The van der Waals surface area contributed by atoms with Crippen molar-refractivity contribution in [1.29, 1.82) is 5.41 Å². The zero-order valence-electron chi connectivity index (χ0n) is 20.4. The lowest BCUT2D eigenvalue weighted by Gasteiger charge is -2.22. The van der Waals surface area contributed by atoms with E-state index >= 15 is 0 Å². The molecule has 0 unspecified atom stereocenters. The Morgan fingerprint density at radius 3 is 2.33 bits per heavy atom. The predicted octanol–water partition coefficient (Wildman–Crippen LogP) is 7.47. The summed E-state index contributed by atoms with van der Waals surface area (Å²) in [4.78, 5) is 4.09. The van der Waals surface area contributed by atoms with Gasteiger partial charge in [-0.1, -0.05) is 39.2 Å². The van der Waals surface area contributed by atoms with E-state index < -0.39 is 6.43 Å². The van der Waals surface area contributed by atoms with Crippen LogP contribution in [-0.2, 0) is 0 Å². The van der Waals surface area contributed by atoms with Crippen LogP contribution in [0.25, 0.3) is 16.3 Å². The molecule has 184 valence electrons. The first-order chi connectivity index (χ1) is 16.0. The monoisotopic (exact) mass is 464 g/mol. The van der Waals surface area contributed by atoms with Crippen molar-refractivity contribution < 1.29 is 13.2 Å². The van der Waals surface area contributed by atoms with Crippen molar-refractivity contribution in [1.82, 2.24) is 10.3 Å². The molecule has 0 bridgehead atoms. The largest absolute Gasteiger partial charge is 0.373 e. The first-order valence-electron chi connectivity index (χ1n) is 11.4. The van der Waals surface area contributed by atoms with Crippen LogP contribution < -0.4 is 10.6 Å². The molecule has 0 spiro atoms. The van der Waals surface area contributed by atoms with E-state index in [0.717, 1.165) is 18.2 Å². The van der Waals surface area contributed by atoms with E-state index in [4.69, 9.17) is 5.41 Å². The second-order valence-electron chi connectivity index (χ2n) is 7.02. The number of alkyl halides is 2. The number of aromatic nitrogens is 1. The molecule has 1 aromatic carbocycles. The Bertz CT molecular complexity index is 847. The zero-order chi connectivity index (χ0) is 25.2. The summed E-state index contributed by atoms with van der Waals surface area (Å²) < 4.78 is 37.4. The lowest BCUT2D eigenvalue weighted by Crippen LogP contribution is -2.34. The van der Waals surface area contributed by atoms with Crippen molar-refractivity contribution >= 4 is 28.4 Å². The van der Waals surface area contributed by atoms with Crippen molar-refractivity contribution in [3.8, 4) is 0 Å². The molecule has 0 amide bonds. The van der Waals surface area contributed by atoms with Crippen molar-refractivity contribution in [2.24, 2.45) is 0 Å². The second-order valence-corrected chi connectivity index (χ2v) is 7.02. The van der Waals surface area contributed by atoms with Crippen LogP contribution in [0.4, 0.5) is 19.0 Å². The maximum Gasteiger partial charge on any atom is 0.250 e. The van der Waals surface area contributed by atoms with E-state index in [9.17, 15) is 13.2 Å². The van der Waals surface area contributed by atoms with E-state index in [2.05, 4.69) is 28.8 Å². The summed E-state index contributed by atoms with van der Waals surface area (Å²) in [6.07, 6.45) is 8.14.